The fourth-order valence-electron chi connectivity index (χ4n) is 2.35. The number of nitrogens with zero attached hydrogens (tertiary/aromatic N) is 3. The van der Waals surface area contributed by atoms with Crippen molar-refractivity contribution in [2.75, 3.05) is 24.5 Å². The number of carboxylic acid groups (broad SMARTS) is 1. The van der Waals surface area contributed by atoms with Crippen LogP contribution in [0.1, 0.15) is 26.7 Å². The molecular weight excluding hydrogens is 284 g/mol. The Labute approximate surface area is 129 Å². The van der Waals surface area contributed by atoms with Crippen LogP contribution in [0.2, 0.25) is 0 Å². The van der Waals surface area contributed by atoms with Crippen molar-refractivity contribution in [2.24, 2.45) is 11.3 Å². The van der Waals surface area contributed by atoms with Gasteiger partial charge in [0.25, 0.3) is 0 Å². The van der Waals surface area contributed by atoms with E-state index in [9.17, 15) is 9.59 Å². The van der Waals surface area contributed by atoms with Gasteiger partial charge in [0.05, 0.1) is 11.6 Å². The maximum absolute atomic E-state index is 12.2. The second-order valence-electron chi connectivity index (χ2n) is 6.23. The number of anilines is 1. The first-order valence-corrected chi connectivity index (χ1v) is 7.42. The van der Waals surface area contributed by atoms with E-state index < -0.39 is 11.4 Å². The Hall–Kier alpha value is -2.18. The second kappa shape index (κ2) is 6.72. The Morgan fingerprint density at radius 3 is 2.59 bits per heavy atom. The lowest BCUT2D eigenvalue weighted by molar-refractivity contribution is -0.146. The highest BCUT2D eigenvalue weighted by molar-refractivity contribution is 5.80. The predicted molar refractivity (Wildman–Crippen MR) is 81.4 cm³/mol. The van der Waals surface area contributed by atoms with Crippen LogP contribution in [0.4, 0.5) is 5.82 Å². The summed E-state index contributed by atoms with van der Waals surface area (Å²) in [5.41, 5.74) is -0.948. The van der Waals surface area contributed by atoms with Crippen LogP contribution >= 0.6 is 0 Å². The van der Waals surface area contributed by atoms with Crippen LogP contribution in [0.15, 0.2) is 18.6 Å². The lowest BCUT2D eigenvalue weighted by Gasteiger charge is -2.32. The summed E-state index contributed by atoms with van der Waals surface area (Å²) in [4.78, 5) is 33.6. The molecular formula is C15H22N4O3. The van der Waals surface area contributed by atoms with Gasteiger partial charge in [0.2, 0.25) is 5.91 Å². The lowest BCUT2D eigenvalue weighted by Crippen LogP contribution is -2.44. The lowest BCUT2D eigenvalue weighted by atomic mass is 9.92. The summed E-state index contributed by atoms with van der Waals surface area (Å²) in [6.07, 6.45) is 6.47. The number of hydrogen-bond acceptors (Lipinski definition) is 5. The van der Waals surface area contributed by atoms with Crippen LogP contribution in [0.3, 0.4) is 0 Å². The van der Waals surface area contributed by atoms with E-state index in [1.807, 2.05) is 0 Å². The summed E-state index contributed by atoms with van der Waals surface area (Å²) < 4.78 is 0. The minimum Gasteiger partial charge on any atom is -0.481 e. The van der Waals surface area contributed by atoms with Crippen molar-refractivity contribution < 1.29 is 14.7 Å². The van der Waals surface area contributed by atoms with E-state index in [2.05, 4.69) is 20.2 Å². The highest BCUT2D eigenvalue weighted by atomic mass is 16.4. The van der Waals surface area contributed by atoms with Crippen molar-refractivity contribution in [1.82, 2.24) is 15.3 Å². The van der Waals surface area contributed by atoms with Crippen molar-refractivity contribution in [3.63, 3.8) is 0 Å². The van der Waals surface area contributed by atoms with E-state index in [1.54, 1.807) is 32.4 Å². The molecule has 0 radical (unpaired) electrons. The van der Waals surface area contributed by atoms with Crippen LogP contribution in [0.5, 0.6) is 0 Å². The largest absolute Gasteiger partial charge is 0.481 e. The summed E-state index contributed by atoms with van der Waals surface area (Å²) in [5, 5.41) is 11.8. The van der Waals surface area contributed by atoms with Crippen LogP contribution in [-0.2, 0) is 9.59 Å². The van der Waals surface area contributed by atoms with E-state index >= 15 is 0 Å². The number of hydrogen-bond donors (Lipinski definition) is 2. The molecule has 1 saturated heterocycles. The van der Waals surface area contributed by atoms with Crippen LogP contribution < -0.4 is 10.2 Å². The monoisotopic (exact) mass is 306 g/mol. The number of amides is 1. The van der Waals surface area contributed by atoms with Gasteiger partial charge in [-0.2, -0.15) is 0 Å². The third-order valence-corrected chi connectivity index (χ3v) is 4.02. The van der Waals surface area contributed by atoms with Crippen LogP contribution in [0.25, 0.3) is 0 Å². The van der Waals surface area contributed by atoms with E-state index in [0.29, 0.717) is 0 Å². The second-order valence-corrected chi connectivity index (χ2v) is 6.23. The summed E-state index contributed by atoms with van der Waals surface area (Å²) in [5.74, 6) is -0.218. The summed E-state index contributed by atoms with van der Waals surface area (Å²) in [6, 6.07) is 0. The quantitative estimate of drug-likeness (QED) is 0.840. The molecule has 1 aromatic rings. The first-order chi connectivity index (χ1) is 10.4. The Balaban J connectivity index is 1.81. The van der Waals surface area contributed by atoms with Gasteiger partial charge in [0.15, 0.2) is 0 Å². The van der Waals surface area contributed by atoms with E-state index in [1.165, 1.54) is 0 Å². The maximum atomic E-state index is 12.2. The van der Waals surface area contributed by atoms with Crippen molar-refractivity contribution in [2.45, 2.75) is 26.7 Å². The summed E-state index contributed by atoms with van der Waals surface area (Å²) >= 11 is 0. The van der Waals surface area contributed by atoms with Gasteiger partial charge in [0.1, 0.15) is 5.82 Å². The smallest absolute Gasteiger partial charge is 0.310 e. The Morgan fingerprint density at radius 1 is 1.36 bits per heavy atom. The number of aliphatic carboxylic acids is 1. The molecule has 1 fully saturated rings. The average Bonchev–Trinajstić information content (AvgIpc) is 2.53. The van der Waals surface area contributed by atoms with Crippen molar-refractivity contribution >= 4 is 17.7 Å². The zero-order chi connectivity index (χ0) is 16.2. The minimum absolute atomic E-state index is 0.0619. The fraction of sp³-hybridized carbons (Fsp3) is 0.600. The molecule has 0 aliphatic carbocycles. The molecule has 2 rings (SSSR count). The maximum Gasteiger partial charge on any atom is 0.310 e. The number of piperidine rings is 1. The first kappa shape index (κ1) is 16.2. The molecule has 0 aromatic carbocycles. The van der Waals surface area contributed by atoms with Crippen LogP contribution in [0, 0.1) is 11.3 Å². The molecule has 1 aromatic heterocycles. The minimum atomic E-state index is -0.948. The number of nitrogens with one attached hydrogen (secondary N) is 1. The van der Waals surface area contributed by atoms with Gasteiger partial charge in [-0.3, -0.25) is 14.6 Å². The summed E-state index contributed by atoms with van der Waals surface area (Å²) in [7, 11) is 0. The van der Waals surface area contributed by atoms with Gasteiger partial charge < -0.3 is 15.3 Å². The number of carbonyl (C=O) groups excluding carboxylic acids is 1. The highest BCUT2D eigenvalue weighted by Crippen LogP contribution is 2.21. The van der Waals surface area contributed by atoms with Gasteiger partial charge >= 0.3 is 5.97 Å². The zero-order valence-corrected chi connectivity index (χ0v) is 13.0. The Bertz CT molecular complexity index is 525. The standard InChI is InChI=1S/C15H22N4O3/c1-15(2,14(21)22)10-18-13(20)11-3-7-19(8-4-11)12-9-16-5-6-17-12/h5-6,9,11H,3-4,7-8,10H2,1-2H3,(H,18,20)(H,21,22). The Kier molecular flexibility index (Phi) is 4.95. The predicted octanol–water partition coefficient (Wildman–Crippen LogP) is 0.920. The molecule has 2 heterocycles. The molecule has 7 nitrogen and oxygen atoms in total. The molecule has 1 aliphatic rings. The SMILES string of the molecule is CC(C)(CNC(=O)C1CCN(c2cnccn2)CC1)C(=O)O. The summed E-state index contributed by atoms with van der Waals surface area (Å²) in [6.45, 7) is 4.85. The zero-order valence-electron chi connectivity index (χ0n) is 13.0. The topological polar surface area (TPSA) is 95.4 Å². The van der Waals surface area contributed by atoms with Crippen molar-refractivity contribution in [3.8, 4) is 0 Å². The molecule has 0 spiro atoms. The van der Waals surface area contributed by atoms with E-state index in [0.717, 1.165) is 31.7 Å². The number of rotatable bonds is 5. The van der Waals surface area contributed by atoms with Gasteiger partial charge in [0, 0.05) is 37.9 Å². The van der Waals surface area contributed by atoms with Gasteiger partial charge in [-0.1, -0.05) is 0 Å². The normalized spacial score (nSPS) is 16.4. The third kappa shape index (κ3) is 3.93. The number of carboxylic acids is 1. The van der Waals surface area contributed by atoms with Crippen molar-refractivity contribution in [3.05, 3.63) is 18.6 Å². The van der Waals surface area contributed by atoms with Crippen molar-refractivity contribution in [1.29, 1.82) is 0 Å². The van der Waals surface area contributed by atoms with E-state index in [4.69, 9.17) is 5.11 Å². The third-order valence-electron chi connectivity index (χ3n) is 4.02. The molecule has 0 atom stereocenters. The average molecular weight is 306 g/mol. The molecule has 22 heavy (non-hydrogen) atoms. The van der Waals surface area contributed by atoms with Gasteiger partial charge in [-0.15, -0.1) is 0 Å². The van der Waals surface area contributed by atoms with Gasteiger partial charge in [-0.05, 0) is 26.7 Å². The molecule has 1 amide bonds. The molecule has 0 saturated carbocycles. The molecule has 7 heteroatoms. The highest BCUT2D eigenvalue weighted by Gasteiger charge is 2.30. The van der Waals surface area contributed by atoms with E-state index in [-0.39, 0.29) is 18.4 Å². The molecule has 2 N–H and O–H groups in total. The molecule has 0 bridgehead atoms. The number of carbonyl (C=O) groups is 2. The van der Waals surface area contributed by atoms with Crippen LogP contribution in [-0.4, -0.2) is 46.6 Å². The first-order valence-electron chi connectivity index (χ1n) is 7.42. The molecule has 0 unspecified atom stereocenters. The molecule has 120 valence electrons. The fourth-order valence-corrected chi connectivity index (χ4v) is 2.35. The Morgan fingerprint density at radius 2 is 2.05 bits per heavy atom. The molecule has 1 aliphatic heterocycles. The number of aromatic nitrogens is 2. The van der Waals surface area contributed by atoms with Gasteiger partial charge in [-0.25, -0.2) is 4.98 Å².